The molecule has 0 fully saturated rings. The lowest BCUT2D eigenvalue weighted by Gasteiger charge is -2.16. The Labute approximate surface area is 98.5 Å². The van der Waals surface area contributed by atoms with E-state index in [2.05, 4.69) is 35.1 Å². The molecule has 0 aromatic carbocycles. The number of nitrogens with zero attached hydrogens (tertiary/aromatic N) is 1. The van der Waals surface area contributed by atoms with E-state index < -0.39 is 0 Å². The fourth-order valence-corrected chi connectivity index (χ4v) is 1.74. The number of rotatable bonds is 6. The Bertz CT molecular complexity index is 335. The average Bonchev–Trinajstić information content (AvgIpc) is 2.31. The second-order valence-corrected chi connectivity index (χ2v) is 3.79. The Morgan fingerprint density at radius 2 is 2.38 bits per heavy atom. The fraction of sp³-hybridized carbons (Fsp3) is 0.500. The molecule has 0 amide bonds. The zero-order valence-electron chi connectivity index (χ0n) is 10.2. The van der Waals surface area contributed by atoms with Gasteiger partial charge >= 0.3 is 0 Å². The van der Waals surface area contributed by atoms with Crippen molar-refractivity contribution in [1.82, 2.24) is 10.3 Å². The van der Waals surface area contributed by atoms with Gasteiger partial charge in [0.25, 0.3) is 0 Å². The van der Waals surface area contributed by atoms with Gasteiger partial charge in [-0.05, 0) is 37.9 Å². The van der Waals surface area contributed by atoms with Gasteiger partial charge in [0.15, 0.2) is 0 Å². The average molecular weight is 216 g/mol. The molecule has 16 heavy (non-hydrogen) atoms. The Morgan fingerprint density at radius 1 is 1.50 bits per heavy atom. The molecule has 0 saturated carbocycles. The number of hydrogen-bond acceptors (Lipinski definition) is 2. The Morgan fingerprint density at radius 3 is 3.00 bits per heavy atom. The summed E-state index contributed by atoms with van der Waals surface area (Å²) < 4.78 is 0. The van der Waals surface area contributed by atoms with E-state index in [1.807, 2.05) is 25.4 Å². The van der Waals surface area contributed by atoms with Crippen LogP contribution in [0.5, 0.6) is 0 Å². The Hall–Kier alpha value is -1.33. The van der Waals surface area contributed by atoms with Gasteiger partial charge in [-0.1, -0.05) is 13.0 Å². The molecule has 2 heteroatoms. The van der Waals surface area contributed by atoms with Gasteiger partial charge in [-0.2, -0.15) is 0 Å². The van der Waals surface area contributed by atoms with Crippen LogP contribution in [0.4, 0.5) is 0 Å². The van der Waals surface area contributed by atoms with Crippen LogP contribution in [0.3, 0.4) is 0 Å². The molecule has 0 spiro atoms. The highest BCUT2D eigenvalue weighted by Gasteiger charge is 2.07. The van der Waals surface area contributed by atoms with Crippen molar-refractivity contribution in [3.05, 3.63) is 30.1 Å². The van der Waals surface area contributed by atoms with Gasteiger partial charge in [0, 0.05) is 24.9 Å². The lowest BCUT2D eigenvalue weighted by atomic mass is 10.0. The van der Waals surface area contributed by atoms with Crippen LogP contribution in [0.2, 0.25) is 0 Å². The van der Waals surface area contributed by atoms with Gasteiger partial charge < -0.3 is 5.32 Å². The number of hydrogen-bond donors (Lipinski definition) is 1. The van der Waals surface area contributed by atoms with E-state index >= 15 is 0 Å². The molecule has 1 atom stereocenters. The van der Waals surface area contributed by atoms with Crippen molar-refractivity contribution >= 4 is 0 Å². The predicted octanol–water partition coefficient (Wildman–Crippen LogP) is 2.41. The second-order valence-electron chi connectivity index (χ2n) is 3.79. The van der Waals surface area contributed by atoms with Crippen molar-refractivity contribution in [1.29, 1.82) is 0 Å². The summed E-state index contributed by atoms with van der Waals surface area (Å²) in [5.41, 5.74) is 1.29. The van der Waals surface area contributed by atoms with Crippen LogP contribution in [0.15, 0.2) is 24.5 Å². The summed E-state index contributed by atoms with van der Waals surface area (Å²) in [5.74, 6) is 6.06. The summed E-state index contributed by atoms with van der Waals surface area (Å²) in [6.45, 7) is 5.04. The predicted molar refractivity (Wildman–Crippen MR) is 68.1 cm³/mol. The second kappa shape index (κ2) is 7.90. The minimum atomic E-state index is 0.509. The van der Waals surface area contributed by atoms with Gasteiger partial charge in [0.05, 0.1) is 0 Å². The molecule has 1 rings (SSSR count). The largest absolute Gasteiger partial charge is 0.314 e. The summed E-state index contributed by atoms with van der Waals surface area (Å²) in [7, 11) is 0. The molecule has 1 aromatic rings. The maximum atomic E-state index is 4.14. The number of aromatic nitrogens is 1. The Kier molecular flexibility index (Phi) is 6.29. The molecule has 1 unspecified atom stereocenters. The summed E-state index contributed by atoms with van der Waals surface area (Å²) in [6.07, 6.45) is 6.86. The lowest BCUT2D eigenvalue weighted by Crippen LogP contribution is -2.30. The highest BCUT2D eigenvalue weighted by Crippen LogP contribution is 2.06. The SMILES string of the molecule is CC#CCCC(Cc1cccnc1)NCC. The standard InChI is InChI=1S/C14H20N2/c1-3-5-6-9-14(16-4-2)11-13-8-7-10-15-12-13/h7-8,10,12,14,16H,4,6,9,11H2,1-2H3. The molecular weight excluding hydrogens is 196 g/mol. The molecule has 0 bridgehead atoms. The minimum absolute atomic E-state index is 0.509. The quantitative estimate of drug-likeness (QED) is 0.739. The first kappa shape index (κ1) is 12.7. The lowest BCUT2D eigenvalue weighted by molar-refractivity contribution is 0.497. The van der Waals surface area contributed by atoms with E-state index in [9.17, 15) is 0 Å². The highest BCUT2D eigenvalue weighted by atomic mass is 14.9. The molecule has 1 aromatic heterocycles. The van der Waals surface area contributed by atoms with Gasteiger partial charge in [-0.25, -0.2) is 0 Å². The van der Waals surface area contributed by atoms with Crippen LogP contribution in [0.25, 0.3) is 0 Å². The van der Waals surface area contributed by atoms with E-state index in [1.54, 1.807) is 0 Å². The molecule has 0 aliphatic heterocycles. The molecular formula is C14H20N2. The smallest absolute Gasteiger partial charge is 0.0300 e. The van der Waals surface area contributed by atoms with Crippen LogP contribution >= 0.6 is 0 Å². The molecule has 0 aliphatic rings. The molecule has 1 heterocycles. The van der Waals surface area contributed by atoms with Gasteiger partial charge in [0.2, 0.25) is 0 Å². The monoisotopic (exact) mass is 216 g/mol. The first-order chi connectivity index (χ1) is 7.86. The summed E-state index contributed by atoms with van der Waals surface area (Å²) in [6, 6.07) is 4.63. The van der Waals surface area contributed by atoms with Crippen molar-refractivity contribution < 1.29 is 0 Å². The van der Waals surface area contributed by atoms with E-state index in [0.717, 1.165) is 25.8 Å². The van der Waals surface area contributed by atoms with E-state index in [4.69, 9.17) is 0 Å². The third-order valence-electron chi connectivity index (χ3n) is 2.49. The van der Waals surface area contributed by atoms with Gasteiger partial charge in [-0.3, -0.25) is 4.98 Å². The maximum Gasteiger partial charge on any atom is 0.0300 e. The first-order valence-corrected chi connectivity index (χ1v) is 5.88. The molecule has 2 nitrogen and oxygen atoms in total. The third-order valence-corrected chi connectivity index (χ3v) is 2.49. The van der Waals surface area contributed by atoms with Crippen molar-refractivity contribution in [2.45, 2.75) is 39.2 Å². The molecule has 0 aliphatic carbocycles. The van der Waals surface area contributed by atoms with Crippen LogP contribution in [-0.2, 0) is 6.42 Å². The van der Waals surface area contributed by atoms with Gasteiger partial charge in [-0.15, -0.1) is 11.8 Å². The van der Waals surface area contributed by atoms with Crippen molar-refractivity contribution in [3.8, 4) is 11.8 Å². The number of pyridine rings is 1. The third kappa shape index (κ3) is 4.95. The van der Waals surface area contributed by atoms with Crippen LogP contribution in [0, 0.1) is 11.8 Å². The minimum Gasteiger partial charge on any atom is -0.314 e. The number of likely N-dealkylation sites (N-methyl/N-ethyl adjacent to an activating group) is 1. The van der Waals surface area contributed by atoms with E-state index in [0.29, 0.717) is 6.04 Å². The zero-order chi connectivity index (χ0) is 11.6. The highest BCUT2D eigenvalue weighted by molar-refractivity contribution is 5.10. The summed E-state index contributed by atoms with van der Waals surface area (Å²) in [4.78, 5) is 4.14. The van der Waals surface area contributed by atoms with E-state index in [1.165, 1.54) is 5.56 Å². The van der Waals surface area contributed by atoms with Crippen LogP contribution in [-0.4, -0.2) is 17.6 Å². The Balaban J connectivity index is 2.46. The van der Waals surface area contributed by atoms with Crippen molar-refractivity contribution in [2.24, 2.45) is 0 Å². The van der Waals surface area contributed by atoms with Crippen molar-refractivity contribution in [2.75, 3.05) is 6.54 Å². The molecule has 1 N–H and O–H groups in total. The fourth-order valence-electron chi connectivity index (χ4n) is 1.74. The first-order valence-electron chi connectivity index (χ1n) is 5.88. The van der Waals surface area contributed by atoms with Gasteiger partial charge in [0.1, 0.15) is 0 Å². The number of nitrogens with one attached hydrogen (secondary N) is 1. The topological polar surface area (TPSA) is 24.9 Å². The zero-order valence-corrected chi connectivity index (χ0v) is 10.2. The molecule has 0 radical (unpaired) electrons. The summed E-state index contributed by atoms with van der Waals surface area (Å²) >= 11 is 0. The normalized spacial score (nSPS) is 11.6. The summed E-state index contributed by atoms with van der Waals surface area (Å²) in [5, 5.41) is 3.49. The molecule has 86 valence electrons. The maximum absolute atomic E-state index is 4.14. The van der Waals surface area contributed by atoms with E-state index in [-0.39, 0.29) is 0 Å². The molecule has 0 saturated heterocycles. The van der Waals surface area contributed by atoms with Crippen LogP contribution < -0.4 is 5.32 Å². The van der Waals surface area contributed by atoms with Crippen LogP contribution in [0.1, 0.15) is 32.3 Å². The van der Waals surface area contributed by atoms with Crippen molar-refractivity contribution in [3.63, 3.8) is 0 Å².